The van der Waals surface area contributed by atoms with Crippen molar-refractivity contribution < 1.29 is 63.1 Å². The lowest BCUT2D eigenvalue weighted by atomic mass is 10.0. The second-order valence-corrected chi connectivity index (χ2v) is 14.4. The van der Waals surface area contributed by atoms with Gasteiger partial charge in [0.15, 0.2) is 6.10 Å². The Hall–Kier alpha value is -2.45. The molecule has 0 spiro atoms. The second kappa shape index (κ2) is 32.0. The number of allylic oxidation sites excluding steroid dienone is 7. The van der Waals surface area contributed by atoms with Crippen LogP contribution in [0.4, 0.5) is 0 Å². The zero-order valence-electron chi connectivity index (χ0n) is 31.2. The molecule has 0 saturated heterocycles. The molecular weight excluding hydrogens is 695 g/mol. The van der Waals surface area contributed by atoms with Crippen LogP contribution in [0.15, 0.2) is 60.8 Å². The van der Waals surface area contributed by atoms with Gasteiger partial charge in [0, 0.05) is 12.8 Å². The van der Waals surface area contributed by atoms with Crippen LogP contribution in [0.3, 0.4) is 0 Å². The molecule has 0 aromatic rings. The van der Waals surface area contributed by atoms with E-state index in [1.165, 1.54) is 18.9 Å². The molecule has 0 radical (unpaired) electrons. The summed E-state index contributed by atoms with van der Waals surface area (Å²) in [6.07, 6.45) is 20.4. The molecule has 52 heavy (non-hydrogen) atoms. The number of hydrogen-bond donors (Lipinski definition) is 6. The lowest BCUT2D eigenvalue weighted by Crippen LogP contribution is -2.30. The van der Waals surface area contributed by atoms with E-state index in [4.69, 9.17) is 19.1 Å². The van der Waals surface area contributed by atoms with Crippen molar-refractivity contribution in [3.8, 4) is 0 Å². The topological polar surface area (TPSA) is 210 Å². The van der Waals surface area contributed by atoms with Crippen LogP contribution in [0.1, 0.15) is 104 Å². The van der Waals surface area contributed by atoms with Crippen molar-refractivity contribution >= 4 is 19.8 Å². The summed E-state index contributed by atoms with van der Waals surface area (Å²) in [4.78, 5) is 34.8. The van der Waals surface area contributed by atoms with E-state index >= 15 is 0 Å². The Balaban J connectivity index is 4.78. The molecule has 0 amide bonds. The number of carbonyl (C=O) groups excluding carboxylic acids is 2. The fourth-order valence-electron chi connectivity index (χ4n) is 4.46. The second-order valence-electron chi connectivity index (χ2n) is 12.9. The highest BCUT2D eigenvalue weighted by Crippen LogP contribution is 2.43. The molecule has 14 heteroatoms. The van der Waals surface area contributed by atoms with E-state index in [1.54, 1.807) is 42.5 Å². The van der Waals surface area contributed by atoms with Gasteiger partial charge in [0.25, 0.3) is 0 Å². The van der Waals surface area contributed by atoms with Gasteiger partial charge in [0.05, 0.1) is 38.1 Å². The minimum Gasteiger partial charge on any atom is -0.462 e. The van der Waals surface area contributed by atoms with Gasteiger partial charge in [-0.2, -0.15) is 0 Å². The zero-order chi connectivity index (χ0) is 39.0. The predicted octanol–water partition coefficient (Wildman–Crippen LogP) is 5.54. The third-order valence-corrected chi connectivity index (χ3v) is 8.41. The fourth-order valence-corrected chi connectivity index (χ4v) is 5.25. The first-order valence-corrected chi connectivity index (χ1v) is 19.9. The largest absolute Gasteiger partial charge is 0.472 e. The van der Waals surface area contributed by atoms with E-state index in [2.05, 4.69) is 18.4 Å². The lowest BCUT2D eigenvalue weighted by molar-refractivity contribution is -0.161. The number of unbranched alkanes of at least 4 members (excludes halogenated alkanes) is 5. The summed E-state index contributed by atoms with van der Waals surface area (Å²) >= 11 is 0. The first-order chi connectivity index (χ1) is 24.8. The van der Waals surface area contributed by atoms with E-state index in [9.17, 15) is 39.5 Å². The molecule has 0 aliphatic rings. The number of phosphoric ester groups is 1. The standard InChI is InChI=1S/C38H65O13P/c1-4-5-14-21-32(40)22-16-11-7-8-12-17-23-35(42)36(43)24-19-26-38(45)51-34(30-50-52(46,47)49-28-33(41)27-39)29-48-37(44)25-18-13-9-6-10-15-20-31(2)3/h5,7-8,11-12,14,16-17,22-23,31-36,39-43H,4,6,9-10,13,15,18-21,24-30H2,1-3H3,(H,46,47)/b11-7+,12-8-,14-5-,22-16+,23-17-/t32-,33-,34+,35+,36+/m0/s1. The number of ether oxygens (including phenoxy) is 2. The van der Waals surface area contributed by atoms with E-state index in [0.717, 1.165) is 32.1 Å². The molecule has 300 valence electrons. The number of carbonyl (C=O) groups is 2. The van der Waals surface area contributed by atoms with Gasteiger partial charge in [0.2, 0.25) is 0 Å². The van der Waals surface area contributed by atoms with Crippen molar-refractivity contribution in [1.82, 2.24) is 0 Å². The molecule has 0 rings (SSSR count). The molecule has 0 aliphatic heterocycles. The van der Waals surface area contributed by atoms with Crippen LogP contribution < -0.4 is 0 Å². The van der Waals surface area contributed by atoms with Crippen LogP contribution in [0, 0.1) is 5.92 Å². The Bertz CT molecular complexity index is 1120. The average Bonchev–Trinajstić information content (AvgIpc) is 3.10. The van der Waals surface area contributed by atoms with Crippen LogP contribution in [0.2, 0.25) is 0 Å². The van der Waals surface area contributed by atoms with Gasteiger partial charge in [-0.05, 0) is 38.0 Å². The van der Waals surface area contributed by atoms with Crippen LogP contribution >= 0.6 is 7.82 Å². The summed E-state index contributed by atoms with van der Waals surface area (Å²) in [5.41, 5.74) is 0. The molecule has 0 bridgehead atoms. The van der Waals surface area contributed by atoms with Gasteiger partial charge >= 0.3 is 19.8 Å². The quantitative estimate of drug-likeness (QED) is 0.0164. The first kappa shape index (κ1) is 49.6. The van der Waals surface area contributed by atoms with Gasteiger partial charge in [0.1, 0.15) is 12.7 Å². The van der Waals surface area contributed by atoms with Gasteiger partial charge in [-0.25, -0.2) is 4.57 Å². The SMILES string of the molecule is CC/C=C\C[C@H](O)/C=C/C=C/C=C\C=C/[C@@H](O)[C@H](O)CCCC(=O)O[C@H](COC(=O)CCCCCCCCC(C)C)COP(=O)(O)OC[C@@H](O)CO. The van der Waals surface area contributed by atoms with Crippen molar-refractivity contribution in [3.05, 3.63) is 60.8 Å². The number of esters is 2. The summed E-state index contributed by atoms with van der Waals surface area (Å²) in [5, 5.41) is 48.6. The highest BCUT2D eigenvalue weighted by molar-refractivity contribution is 7.47. The van der Waals surface area contributed by atoms with E-state index in [0.29, 0.717) is 18.8 Å². The molecule has 0 aliphatic carbocycles. The smallest absolute Gasteiger partial charge is 0.462 e. The van der Waals surface area contributed by atoms with Crippen molar-refractivity contribution in [2.75, 3.05) is 26.4 Å². The molecule has 0 heterocycles. The van der Waals surface area contributed by atoms with Gasteiger partial charge in [-0.15, -0.1) is 0 Å². The highest BCUT2D eigenvalue weighted by atomic mass is 31.2. The van der Waals surface area contributed by atoms with Crippen LogP contribution in [-0.4, -0.2) is 99.3 Å². The maximum Gasteiger partial charge on any atom is 0.472 e. The minimum absolute atomic E-state index is 0.0610. The van der Waals surface area contributed by atoms with Crippen molar-refractivity contribution in [1.29, 1.82) is 0 Å². The highest BCUT2D eigenvalue weighted by Gasteiger charge is 2.27. The molecule has 0 aromatic carbocycles. The van der Waals surface area contributed by atoms with Crippen molar-refractivity contribution in [2.45, 2.75) is 135 Å². The molecule has 0 fully saturated rings. The van der Waals surface area contributed by atoms with Crippen LogP contribution in [0.5, 0.6) is 0 Å². The predicted molar refractivity (Wildman–Crippen MR) is 200 cm³/mol. The molecule has 1 unspecified atom stereocenters. The minimum atomic E-state index is -4.71. The lowest BCUT2D eigenvalue weighted by Gasteiger charge is -2.20. The Labute approximate surface area is 310 Å². The van der Waals surface area contributed by atoms with E-state index in [-0.39, 0.29) is 25.7 Å². The Morgan fingerprint density at radius 2 is 1.31 bits per heavy atom. The number of phosphoric acid groups is 1. The summed E-state index contributed by atoms with van der Waals surface area (Å²) in [5.74, 6) is -0.581. The number of hydrogen-bond acceptors (Lipinski definition) is 12. The molecular formula is C38H65O13P. The molecule has 13 nitrogen and oxygen atoms in total. The summed E-state index contributed by atoms with van der Waals surface area (Å²) in [7, 11) is -4.71. The van der Waals surface area contributed by atoms with Crippen LogP contribution in [0.25, 0.3) is 0 Å². The summed E-state index contributed by atoms with van der Waals surface area (Å²) in [6, 6.07) is 0. The van der Waals surface area contributed by atoms with Gasteiger partial charge in [-0.1, -0.05) is 120 Å². The summed E-state index contributed by atoms with van der Waals surface area (Å²) in [6.45, 7) is 3.94. The van der Waals surface area contributed by atoms with E-state index < -0.39 is 76.7 Å². The van der Waals surface area contributed by atoms with Gasteiger partial charge < -0.3 is 39.9 Å². The van der Waals surface area contributed by atoms with Crippen molar-refractivity contribution in [2.24, 2.45) is 5.92 Å². The number of aliphatic hydroxyl groups is 5. The normalized spacial score (nSPS) is 16.7. The van der Waals surface area contributed by atoms with E-state index in [1.807, 2.05) is 19.1 Å². The number of rotatable bonds is 32. The maximum atomic E-state index is 12.6. The monoisotopic (exact) mass is 760 g/mol. The zero-order valence-corrected chi connectivity index (χ0v) is 32.1. The van der Waals surface area contributed by atoms with Crippen LogP contribution in [-0.2, 0) is 32.7 Å². The number of aliphatic hydroxyl groups excluding tert-OH is 5. The molecule has 6 N–H and O–H groups in total. The molecule has 6 atom stereocenters. The van der Waals surface area contributed by atoms with Crippen molar-refractivity contribution in [3.63, 3.8) is 0 Å². The average molecular weight is 761 g/mol. The first-order valence-electron chi connectivity index (χ1n) is 18.4. The fraction of sp³-hybridized carbons (Fsp3) is 0.684. The Morgan fingerprint density at radius 1 is 0.712 bits per heavy atom. The molecule has 0 saturated carbocycles. The Morgan fingerprint density at radius 3 is 1.96 bits per heavy atom. The Kier molecular flexibility index (Phi) is 30.5. The maximum absolute atomic E-state index is 12.6. The van der Waals surface area contributed by atoms with Gasteiger partial charge in [-0.3, -0.25) is 18.6 Å². The molecule has 0 aromatic heterocycles. The third kappa shape index (κ3) is 31.1. The summed E-state index contributed by atoms with van der Waals surface area (Å²) < 4.78 is 32.2. The third-order valence-electron chi connectivity index (χ3n) is 7.46.